The summed E-state index contributed by atoms with van der Waals surface area (Å²) in [7, 11) is -0.798. The normalized spacial score (nSPS) is 29.0. The van der Waals surface area contributed by atoms with E-state index in [1.54, 1.807) is 6.07 Å². The maximum Gasteiger partial charge on any atom is 0.243 e. The first kappa shape index (κ1) is 23.7. The number of benzene rings is 1. The van der Waals surface area contributed by atoms with Crippen molar-refractivity contribution in [3.05, 3.63) is 35.8 Å². The fourth-order valence-electron chi connectivity index (χ4n) is 7.40. The number of hydrogen-bond acceptors (Lipinski definition) is 7. The van der Waals surface area contributed by atoms with Crippen LogP contribution in [0.15, 0.2) is 29.4 Å². The van der Waals surface area contributed by atoms with Gasteiger partial charge in [0.25, 0.3) is 0 Å². The van der Waals surface area contributed by atoms with Gasteiger partial charge in [-0.3, -0.25) is 4.79 Å². The maximum atomic E-state index is 13.6. The van der Waals surface area contributed by atoms with Crippen molar-refractivity contribution < 1.29 is 22.7 Å². The summed E-state index contributed by atoms with van der Waals surface area (Å²) in [6, 6.07) is 4.58. The van der Waals surface area contributed by atoms with E-state index >= 15 is 0 Å². The van der Waals surface area contributed by atoms with E-state index in [0.717, 1.165) is 24.8 Å². The van der Waals surface area contributed by atoms with Crippen molar-refractivity contribution in [3.8, 4) is 11.5 Å². The van der Waals surface area contributed by atoms with E-state index in [1.807, 2.05) is 0 Å². The standard InChI is InChI=1S/C26H32N4O5S/c1-34-22-4-3-19(10-23(22)35-2)36(32,33)30-6-5-20-21(14-30)27-15-28-24(20)29-25(31)26-11-16-7-17(12-26)9-18(8-16)13-26/h3-4,10,15-18H,5-9,11-14H2,1-2H3,(H,27,28,29,31). The van der Waals surface area contributed by atoms with Gasteiger partial charge < -0.3 is 14.8 Å². The molecule has 1 aromatic carbocycles. The summed E-state index contributed by atoms with van der Waals surface area (Å²) in [5.74, 6) is 3.47. The highest BCUT2D eigenvalue weighted by Crippen LogP contribution is 2.60. The first-order valence-electron chi connectivity index (χ1n) is 12.7. The van der Waals surface area contributed by atoms with Crippen LogP contribution in [0, 0.1) is 23.2 Å². The molecule has 1 aliphatic heterocycles. The van der Waals surface area contributed by atoms with E-state index in [0.29, 0.717) is 47.2 Å². The van der Waals surface area contributed by atoms with Crippen molar-refractivity contribution in [2.75, 3.05) is 26.1 Å². The Morgan fingerprint density at radius 3 is 2.33 bits per heavy atom. The number of carbonyl (C=O) groups excluding carboxylic acids is 1. The van der Waals surface area contributed by atoms with Gasteiger partial charge in [-0.05, 0) is 74.8 Å². The number of anilines is 1. The molecule has 1 aromatic heterocycles. The van der Waals surface area contributed by atoms with E-state index in [9.17, 15) is 13.2 Å². The Kier molecular flexibility index (Phi) is 5.71. The Morgan fingerprint density at radius 1 is 1.03 bits per heavy atom. The van der Waals surface area contributed by atoms with Crippen molar-refractivity contribution in [2.45, 2.75) is 56.4 Å². The summed E-state index contributed by atoms with van der Waals surface area (Å²) in [6.07, 6.45) is 8.62. The van der Waals surface area contributed by atoms with Crippen molar-refractivity contribution in [3.63, 3.8) is 0 Å². The number of methoxy groups -OCH3 is 2. The maximum absolute atomic E-state index is 13.6. The van der Waals surface area contributed by atoms with Gasteiger partial charge in [-0.2, -0.15) is 4.31 Å². The summed E-state index contributed by atoms with van der Waals surface area (Å²) in [5, 5.41) is 3.15. The molecule has 4 bridgehead atoms. The topological polar surface area (TPSA) is 111 Å². The number of nitrogens with zero attached hydrogens (tertiary/aromatic N) is 3. The molecule has 2 aromatic rings. The van der Waals surface area contributed by atoms with Crippen LogP contribution >= 0.6 is 0 Å². The molecule has 36 heavy (non-hydrogen) atoms. The number of fused-ring (bicyclic) bond motifs is 1. The van der Waals surface area contributed by atoms with E-state index < -0.39 is 10.0 Å². The summed E-state index contributed by atoms with van der Waals surface area (Å²) in [5.41, 5.74) is 1.18. The minimum absolute atomic E-state index is 0.0860. The number of nitrogens with one attached hydrogen (secondary N) is 1. The zero-order chi connectivity index (χ0) is 25.1. The molecule has 9 nitrogen and oxygen atoms in total. The van der Waals surface area contributed by atoms with Crippen LogP contribution in [0.5, 0.6) is 11.5 Å². The molecule has 4 aliphatic carbocycles. The molecule has 4 fully saturated rings. The number of rotatable bonds is 6. The lowest BCUT2D eigenvalue weighted by Gasteiger charge is -2.55. The average molecular weight is 513 g/mol. The molecule has 0 unspecified atom stereocenters. The van der Waals surface area contributed by atoms with Crippen molar-refractivity contribution in [1.82, 2.24) is 14.3 Å². The van der Waals surface area contributed by atoms with Gasteiger partial charge in [0.1, 0.15) is 12.1 Å². The average Bonchev–Trinajstić information content (AvgIpc) is 2.87. The highest BCUT2D eigenvalue weighted by molar-refractivity contribution is 7.89. The highest BCUT2D eigenvalue weighted by Gasteiger charge is 2.54. The Bertz CT molecular complexity index is 1280. The predicted octanol–water partition coefficient (Wildman–Crippen LogP) is 3.40. The molecule has 1 N–H and O–H groups in total. The van der Waals surface area contributed by atoms with E-state index in [1.165, 1.54) is 56.2 Å². The van der Waals surface area contributed by atoms with Gasteiger partial charge in [-0.15, -0.1) is 0 Å². The van der Waals surface area contributed by atoms with Gasteiger partial charge in [-0.25, -0.2) is 18.4 Å². The van der Waals surface area contributed by atoms with Crippen LogP contribution in [0.25, 0.3) is 0 Å². The number of hydrogen-bond donors (Lipinski definition) is 1. The minimum atomic E-state index is -3.78. The van der Waals surface area contributed by atoms with Crippen LogP contribution in [0.2, 0.25) is 0 Å². The first-order valence-corrected chi connectivity index (χ1v) is 14.1. The number of sulfonamides is 1. The summed E-state index contributed by atoms with van der Waals surface area (Å²) in [4.78, 5) is 22.5. The molecule has 2 heterocycles. The van der Waals surface area contributed by atoms with Gasteiger partial charge in [0.15, 0.2) is 11.5 Å². The second kappa shape index (κ2) is 8.69. The van der Waals surface area contributed by atoms with Crippen LogP contribution in [0.4, 0.5) is 5.82 Å². The predicted molar refractivity (Wildman–Crippen MR) is 132 cm³/mol. The lowest BCUT2D eigenvalue weighted by atomic mass is 9.49. The van der Waals surface area contributed by atoms with Gasteiger partial charge in [-0.1, -0.05) is 0 Å². The molecule has 1 amide bonds. The number of aromatic nitrogens is 2. The number of amides is 1. The third kappa shape index (κ3) is 3.85. The Balaban J connectivity index is 1.22. The fraction of sp³-hybridized carbons (Fsp3) is 0.577. The Hall–Kier alpha value is -2.72. The summed E-state index contributed by atoms with van der Waals surface area (Å²) >= 11 is 0. The van der Waals surface area contributed by atoms with Crippen LogP contribution in [-0.4, -0.2) is 49.4 Å². The van der Waals surface area contributed by atoms with Crippen molar-refractivity contribution in [1.29, 1.82) is 0 Å². The second-order valence-electron chi connectivity index (χ2n) is 10.9. The fourth-order valence-corrected chi connectivity index (χ4v) is 8.82. The lowest BCUT2D eigenvalue weighted by molar-refractivity contribution is -0.140. The molecule has 0 atom stereocenters. The zero-order valence-corrected chi connectivity index (χ0v) is 21.5. The second-order valence-corrected chi connectivity index (χ2v) is 12.8. The van der Waals surface area contributed by atoms with Crippen LogP contribution in [0.3, 0.4) is 0 Å². The molecule has 0 spiro atoms. The molecule has 0 radical (unpaired) electrons. The number of carbonyl (C=O) groups is 1. The molecule has 10 heteroatoms. The molecule has 7 rings (SSSR count). The first-order chi connectivity index (χ1) is 17.3. The largest absolute Gasteiger partial charge is 0.493 e. The van der Waals surface area contributed by atoms with Gasteiger partial charge in [0, 0.05) is 18.2 Å². The van der Waals surface area contributed by atoms with Gasteiger partial charge in [0.05, 0.1) is 36.8 Å². The molecule has 5 aliphatic rings. The third-order valence-electron chi connectivity index (χ3n) is 8.72. The minimum Gasteiger partial charge on any atom is -0.493 e. The van der Waals surface area contributed by atoms with Crippen LogP contribution in [0.1, 0.15) is 49.8 Å². The van der Waals surface area contributed by atoms with Gasteiger partial charge in [0.2, 0.25) is 15.9 Å². The molecule has 4 saturated carbocycles. The van der Waals surface area contributed by atoms with Crippen molar-refractivity contribution >= 4 is 21.7 Å². The van der Waals surface area contributed by atoms with E-state index in [4.69, 9.17) is 9.47 Å². The Labute approximate surface area is 211 Å². The van der Waals surface area contributed by atoms with E-state index in [-0.39, 0.29) is 29.3 Å². The smallest absolute Gasteiger partial charge is 0.243 e. The number of ether oxygens (including phenoxy) is 2. The Morgan fingerprint density at radius 2 is 1.69 bits per heavy atom. The molecule has 0 saturated heterocycles. The van der Waals surface area contributed by atoms with Gasteiger partial charge >= 0.3 is 0 Å². The summed E-state index contributed by atoms with van der Waals surface area (Å²) in [6.45, 7) is 0.395. The lowest BCUT2D eigenvalue weighted by Crippen LogP contribution is -2.52. The SMILES string of the molecule is COc1ccc(S(=O)(=O)N2CCc3c(ncnc3NC(=O)C34CC5CC(CC(C5)C3)C4)C2)cc1OC. The third-order valence-corrected chi connectivity index (χ3v) is 10.6. The monoisotopic (exact) mass is 512 g/mol. The molecule has 192 valence electrons. The zero-order valence-electron chi connectivity index (χ0n) is 20.7. The van der Waals surface area contributed by atoms with E-state index in [2.05, 4.69) is 15.3 Å². The van der Waals surface area contributed by atoms with Crippen LogP contribution < -0.4 is 14.8 Å². The molecular formula is C26H32N4O5S. The quantitative estimate of drug-likeness (QED) is 0.632. The van der Waals surface area contributed by atoms with Crippen LogP contribution in [-0.2, 0) is 27.8 Å². The van der Waals surface area contributed by atoms with Crippen molar-refractivity contribution in [2.24, 2.45) is 23.2 Å². The summed E-state index contributed by atoms with van der Waals surface area (Å²) < 4.78 is 38.7. The highest BCUT2D eigenvalue weighted by atomic mass is 32.2. The molecular weight excluding hydrogens is 480 g/mol.